The Morgan fingerprint density at radius 2 is 2.38 bits per heavy atom. The first-order chi connectivity index (χ1) is 11.8. The van der Waals surface area contributed by atoms with Gasteiger partial charge in [0.25, 0.3) is 5.91 Å². The highest BCUT2D eigenvalue weighted by Crippen LogP contribution is 2.26. The lowest BCUT2D eigenvalue weighted by molar-refractivity contribution is 0.0900. The van der Waals surface area contributed by atoms with Crippen molar-refractivity contribution in [1.29, 1.82) is 0 Å². The number of fused-ring (bicyclic) bond motifs is 1. The van der Waals surface area contributed by atoms with E-state index in [4.69, 9.17) is 0 Å². The number of aromatic nitrogens is 2. The fourth-order valence-corrected chi connectivity index (χ4v) is 4.08. The second-order valence-corrected chi connectivity index (χ2v) is 7.32. The minimum absolute atomic E-state index is 0.0237. The SMILES string of the molecule is O=C1NC[C@H](NCCC2=CCCCC2)n2nc(-c3cccs3)cc21. The smallest absolute Gasteiger partial charge is 0.269 e. The summed E-state index contributed by atoms with van der Waals surface area (Å²) in [6, 6.07) is 5.93. The Morgan fingerprint density at radius 1 is 1.42 bits per heavy atom. The molecule has 0 unspecified atom stereocenters. The van der Waals surface area contributed by atoms with Crippen molar-refractivity contribution in [3.05, 3.63) is 40.9 Å². The summed E-state index contributed by atoms with van der Waals surface area (Å²) in [7, 11) is 0. The number of hydrogen-bond acceptors (Lipinski definition) is 4. The molecule has 2 aromatic rings. The summed E-state index contributed by atoms with van der Waals surface area (Å²) in [6.07, 6.45) is 8.60. The van der Waals surface area contributed by atoms with E-state index in [1.807, 2.05) is 28.3 Å². The molecule has 3 heterocycles. The van der Waals surface area contributed by atoms with Gasteiger partial charge in [0.15, 0.2) is 0 Å². The summed E-state index contributed by atoms with van der Waals surface area (Å²) in [5.41, 5.74) is 3.08. The van der Waals surface area contributed by atoms with Gasteiger partial charge in [-0.1, -0.05) is 17.7 Å². The van der Waals surface area contributed by atoms with Gasteiger partial charge >= 0.3 is 0 Å². The number of carbonyl (C=O) groups excluding carboxylic acids is 1. The molecule has 2 aromatic heterocycles. The molecule has 0 saturated heterocycles. The molecular weight excluding hydrogens is 320 g/mol. The fraction of sp³-hybridized carbons (Fsp3) is 0.444. The Bertz CT molecular complexity index is 747. The van der Waals surface area contributed by atoms with Crippen molar-refractivity contribution < 1.29 is 4.79 Å². The molecule has 1 aliphatic heterocycles. The maximum atomic E-state index is 12.1. The van der Waals surface area contributed by atoms with Crippen LogP contribution in [0.5, 0.6) is 0 Å². The standard InChI is InChI=1S/C18H22N4OS/c23-18-15-11-14(16-7-4-10-24-16)21-22(15)17(12-20-18)19-9-8-13-5-2-1-3-6-13/h4-5,7,10-11,17,19H,1-3,6,8-9,12H2,(H,20,23)/t17-/m1/s1. The fourth-order valence-electron chi connectivity index (χ4n) is 3.40. The largest absolute Gasteiger partial charge is 0.347 e. The van der Waals surface area contributed by atoms with Crippen LogP contribution in [-0.4, -0.2) is 28.8 Å². The monoisotopic (exact) mass is 342 g/mol. The van der Waals surface area contributed by atoms with E-state index in [1.54, 1.807) is 16.9 Å². The molecule has 0 aromatic carbocycles. The predicted molar refractivity (Wildman–Crippen MR) is 96.1 cm³/mol. The first-order valence-corrected chi connectivity index (χ1v) is 9.52. The van der Waals surface area contributed by atoms with Crippen LogP contribution in [0.1, 0.15) is 48.8 Å². The maximum Gasteiger partial charge on any atom is 0.269 e. The van der Waals surface area contributed by atoms with Gasteiger partial charge in [0.05, 0.1) is 11.4 Å². The molecule has 2 aliphatic rings. The molecule has 0 radical (unpaired) electrons. The molecule has 0 saturated carbocycles. The Balaban J connectivity index is 1.47. The number of nitrogens with zero attached hydrogens (tertiary/aromatic N) is 2. The molecule has 1 aliphatic carbocycles. The Labute approximate surface area is 145 Å². The van der Waals surface area contributed by atoms with E-state index in [-0.39, 0.29) is 12.1 Å². The Morgan fingerprint density at radius 3 is 3.17 bits per heavy atom. The van der Waals surface area contributed by atoms with Crippen molar-refractivity contribution in [2.45, 2.75) is 38.3 Å². The second kappa shape index (κ2) is 6.91. The van der Waals surface area contributed by atoms with Gasteiger partial charge < -0.3 is 5.32 Å². The van der Waals surface area contributed by atoms with Crippen LogP contribution < -0.4 is 10.6 Å². The average Bonchev–Trinajstić information content (AvgIpc) is 3.27. The van der Waals surface area contributed by atoms with Gasteiger partial charge in [-0.15, -0.1) is 11.3 Å². The van der Waals surface area contributed by atoms with Crippen molar-refractivity contribution in [1.82, 2.24) is 20.4 Å². The van der Waals surface area contributed by atoms with Crippen LogP contribution >= 0.6 is 11.3 Å². The molecule has 1 atom stereocenters. The summed E-state index contributed by atoms with van der Waals surface area (Å²) >= 11 is 1.64. The molecule has 2 N–H and O–H groups in total. The van der Waals surface area contributed by atoms with E-state index in [1.165, 1.54) is 25.7 Å². The van der Waals surface area contributed by atoms with Crippen LogP contribution in [0, 0.1) is 0 Å². The van der Waals surface area contributed by atoms with Crippen LogP contribution in [-0.2, 0) is 0 Å². The first kappa shape index (κ1) is 15.6. The van der Waals surface area contributed by atoms with Gasteiger partial charge in [-0.05, 0) is 49.6 Å². The van der Waals surface area contributed by atoms with Crippen molar-refractivity contribution in [2.24, 2.45) is 0 Å². The number of allylic oxidation sites excluding steroid dienone is 1. The summed E-state index contributed by atoms with van der Waals surface area (Å²) < 4.78 is 1.85. The van der Waals surface area contributed by atoms with Crippen LogP contribution in [0.3, 0.4) is 0 Å². The van der Waals surface area contributed by atoms with Crippen molar-refractivity contribution in [3.8, 4) is 10.6 Å². The van der Waals surface area contributed by atoms with Gasteiger partial charge in [-0.25, -0.2) is 4.68 Å². The topological polar surface area (TPSA) is 59.0 Å². The second-order valence-electron chi connectivity index (χ2n) is 6.37. The minimum Gasteiger partial charge on any atom is -0.347 e. The molecule has 0 spiro atoms. The lowest BCUT2D eigenvalue weighted by Gasteiger charge is -2.26. The van der Waals surface area contributed by atoms with Gasteiger partial charge in [0.2, 0.25) is 0 Å². The highest BCUT2D eigenvalue weighted by molar-refractivity contribution is 7.13. The van der Waals surface area contributed by atoms with E-state index in [2.05, 4.69) is 21.8 Å². The lowest BCUT2D eigenvalue weighted by atomic mass is 9.97. The predicted octanol–water partition coefficient (Wildman–Crippen LogP) is 3.33. The number of carbonyl (C=O) groups is 1. The number of thiophene rings is 1. The van der Waals surface area contributed by atoms with E-state index in [0.717, 1.165) is 23.5 Å². The van der Waals surface area contributed by atoms with E-state index < -0.39 is 0 Å². The van der Waals surface area contributed by atoms with E-state index >= 15 is 0 Å². The molecule has 126 valence electrons. The summed E-state index contributed by atoms with van der Waals surface area (Å²) in [6.45, 7) is 1.50. The van der Waals surface area contributed by atoms with Crippen molar-refractivity contribution in [3.63, 3.8) is 0 Å². The number of amides is 1. The van der Waals surface area contributed by atoms with Crippen LogP contribution in [0.2, 0.25) is 0 Å². The summed E-state index contributed by atoms with van der Waals surface area (Å²) in [5, 5.41) is 13.2. The zero-order chi connectivity index (χ0) is 16.4. The zero-order valence-corrected chi connectivity index (χ0v) is 14.4. The van der Waals surface area contributed by atoms with E-state index in [0.29, 0.717) is 12.2 Å². The minimum atomic E-state index is -0.0432. The van der Waals surface area contributed by atoms with Crippen LogP contribution in [0.4, 0.5) is 0 Å². The highest BCUT2D eigenvalue weighted by Gasteiger charge is 2.27. The number of rotatable bonds is 5. The maximum absolute atomic E-state index is 12.1. The van der Waals surface area contributed by atoms with Gasteiger partial charge in [-0.3, -0.25) is 10.1 Å². The Hall–Kier alpha value is -1.92. The molecule has 24 heavy (non-hydrogen) atoms. The summed E-state index contributed by atoms with van der Waals surface area (Å²) in [4.78, 5) is 13.2. The Kier molecular flexibility index (Phi) is 4.49. The van der Waals surface area contributed by atoms with Gasteiger partial charge in [-0.2, -0.15) is 5.10 Å². The quantitative estimate of drug-likeness (QED) is 0.820. The lowest BCUT2D eigenvalue weighted by Crippen LogP contribution is -2.45. The third-order valence-corrected chi connectivity index (χ3v) is 5.60. The molecule has 5 nitrogen and oxygen atoms in total. The normalized spacial score (nSPS) is 20.4. The van der Waals surface area contributed by atoms with E-state index in [9.17, 15) is 4.79 Å². The van der Waals surface area contributed by atoms with Crippen LogP contribution in [0.15, 0.2) is 35.2 Å². The third kappa shape index (κ3) is 3.16. The van der Waals surface area contributed by atoms with Gasteiger partial charge in [0, 0.05) is 6.54 Å². The first-order valence-electron chi connectivity index (χ1n) is 8.64. The highest BCUT2D eigenvalue weighted by atomic mass is 32.1. The third-order valence-electron chi connectivity index (χ3n) is 4.70. The van der Waals surface area contributed by atoms with Gasteiger partial charge in [0.1, 0.15) is 17.6 Å². The molecule has 6 heteroatoms. The molecule has 4 rings (SSSR count). The zero-order valence-electron chi connectivity index (χ0n) is 13.6. The molecule has 0 bridgehead atoms. The van der Waals surface area contributed by atoms with Crippen LogP contribution in [0.25, 0.3) is 10.6 Å². The molecule has 1 amide bonds. The molecule has 0 fully saturated rings. The molecular formula is C18H22N4OS. The average molecular weight is 342 g/mol. The summed E-state index contributed by atoms with van der Waals surface area (Å²) in [5.74, 6) is -0.0432. The van der Waals surface area contributed by atoms with Crippen molar-refractivity contribution >= 4 is 17.2 Å². The number of nitrogens with one attached hydrogen (secondary N) is 2. The van der Waals surface area contributed by atoms with Crippen molar-refractivity contribution in [2.75, 3.05) is 13.1 Å². The number of hydrogen-bond donors (Lipinski definition) is 2.